The molecule has 0 spiro atoms. The van der Waals surface area contributed by atoms with Gasteiger partial charge in [0, 0.05) is 18.9 Å². The van der Waals surface area contributed by atoms with Crippen molar-refractivity contribution in [2.75, 3.05) is 6.61 Å². The lowest BCUT2D eigenvalue weighted by Gasteiger charge is -2.29. The van der Waals surface area contributed by atoms with Crippen molar-refractivity contribution in [1.29, 1.82) is 0 Å². The highest BCUT2D eigenvalue weighted by Gasteiger charge is 2.28. The quantitative estimate of drug-likeness (QED) is 0.922. The number of aromatic nitrogens is 3. The van der Waals surface area contributed by atoms with E-state index >= 15 is 0 Å². The van der Waals surface area contributed by atoms with Gasteiger partial charge in [0.2, 0.25) is 0 Å². The molecule has 5 heteroatoms. The molecule has 106 valence electrons. The fourth-order valence-electron chi connectivity index (χ4n) is 2.81. The zero-order valence-corrected chi connectivity index (χ0v) is 11.6. The van der Waals surface area contributed by atoms with Crippen LogP contribution in [0.1, 0.15) is 30.7 Å². The van der Waals surface area contributed by atoms with Crippen LogP contribution in [0.2, 0.25) is 0 Å². The second-order valence-electron chi connectivity index (χ2n) is 5.04. The van der Waals surface area contributed by atoms with Gasteiger partial charge in [0.15, 0.2) is 0 Å². The van der Waals surface area contributed by atoms with E-state index in [0.29, 0.717) is 13.0 Å². The summed E-state index contributed by atoms with van der Waals surface area (Å²) in [7, 11) is 0. The molecule has 0 amide bonds. The van der Waals surface area contributed by atoms with Gasteiger partial charge in [-0.05, 0) is 25.0 Å². The van der Waals surface area contributed by atoms with E-state index < -0.39 is 6.10 Å². The molecule has 0 fully saturated rings. The Kier molecular flexibility index (Phi) is 3.69. The summed E-state index contributed by atoms with van der Waals surface area (Å²) in [5.41, 5.74) is 1.09. The Bertz CT molecular complexity index is 582. The topological polar surface area (TPSA) is 60.2 Å². The molecule has 1 aliphatic heterocycles. The summed E-state index contributed by atoms with van der Waals surface area (Å²) in [6.45, 7) is 3.44. The first kappa shape index (κ1) is 13.1. The van der Waals surface area contributed by atoms with Gasteiger partial charge in [-0.2, -0.15) is 5.10 Å². The lowest BCUT2D eigenvalue weighted by atomic mass is 9.87. The molecule has 1 N–H and O–H groups in total. The molecule has 1 aromatic heterocycles. The second kappa shape index (κ2) is 5.63. The Morgan fingerprint density at radius 3 is 3.15 bits per heavy atom. The number of ether oxygens (including phenoxy) is 1. The molecule has 20 heavy (non-hydrogen) atoms. The molecule has 0 saturated carbocycles. The molecule has 5 nitrogen and oxygen atoms in total. The molecule has 3 rings (SSSR count). The van der Waals surface area contributed by atoms with E-state index in [1.54, 1.807) is 6.33 Å². The van der Waals surface area contributed by atoms with Gasteiger partial charge in [-0.25, -0.2) is 4.98 Å². The minimum atomic E-state index is -0.463. The van der Waals surface area contributed by atoms with Crippen LogP contribution < -0.4 is 4.74 Å². The van der Waals surface area contributed by atoms with Crippen LogP contribution in [0.3, 0.4) is 0 Å². The number of benzene rings is 1. The summed E-state index contributed by atoms with van der Waals surface area (Å²) in [4.78, 5) is 4.24. The summed E-state index contributed by atoms with van der Waals surface area (Å²) < 4.78 is 7.47. The first-order chi connectivity index (χ1) is 9.79. The fourth-order valence-corrected chi connectivity index (χ4v) is 2.81. The van der Waals surface area contributed by atoms with Gasteiger partial charge in [0.1, 0.15) is 17.9 Å². The standard InChI is InChI=1S/C15H19N3O2/c1-2-18-15(16-10-17-18)9-13(19)11-7-8-20-14-6-4-3-5-12(11)14/h3-6,10-11,13,19H,2,7-9H2,1H3. The Hall–Kier alpha value is -1.88. The highest BCUT2D eigenvalue weighted by atomic mass is 16.5. The third-order valence-electron chi connectivity index (χ3n) is 3.86. The van der Waals surface area contributed by atoms with Gasteiger partial charge < -0.3 is 9.84 Å². The molecule has 1 aromatic carbocycles. The van der Waals surface area contributed by atoms with Gasteiger partial charge in [-0.15, -0.1) is 0 Å². The Morgan fingerprint density at radius 2 is 2.30 bits per heavy atom. The molecule has 0 aliphatic carbocycles. The van der Waals surface area contributed by atoms with Crippen LogP contribution in [0, 0.1) is 0 Å². The molecular formula is C15H19N3O2. The zero-order valence-electron chi connectivity index (χ0n) is 11.6. The van der Waals surface area contributed by atoms with Crippen LogP contribution in [-0.4, -0.2) is 32.6 Å². The number of hydrogen-bond acceptors (Lipinski definition) is 4. The lowest BCUT2D eigenvalue weighted by molar-refractivity contribution is 0.114. The van der Waals surface area contributed by atoms with E-state index in [4.69, 9.17) is 4.74 Å². The third kappa shape index (κ3) is 2.41. The normalized spacial score (nSPS) is 19.2. The number of aryl methyl sites for hydroxylation is 1. The Labute approximate surface area is 118 Å². The first-order valence-corrected chi connectivity index (χ1v) is 7.06. The number of para-hydroxylation sites is 1. The largest absolute Gasteiger partial charge is 0.493 e. The minimum absolute atomic E-state index is 0.0990. The predicted molar refractivity (Wildman–Crippen MR) is 74.7 cm³/mol. The van der Waals surface area contributed by atoms with Gasteiger partial charge in [-0.3, -0.25) is 4.68 Å². The van der Waals surface area contributed by atoms with Crippen molar-refractivity contribution in [1.82, 2.24) is 14.8 Å². The van der Waals surface area contributed by atoms with Gasteiger partial charge >= 0.3 is 0 Å². The monoisotopic (exact) mass is 273 g/mol. The van der Waals surface area contributed by atoms with Crippen molar-refractivity contribution in [3.8, 4) is 5.75 Å². The number of rotatable bonds is 4. The summed E-state index contributed by atoms with van der Waals surface area (Å²) in [5, 5.41) is 14.7. The maximum atomic E-state index is 10.6. The highest BCUT2D eigenvalue weighted by molar-refractivity contribution is 5.38. The number of hydrogen-bond donors (Lipinski definition) is 1. The van der Waals surface area contributed by atoms with Crippen LogP contribution in [0.4, 0.5) is 0 Å². The zero-order chi connectivity index (χ0) is 13.9. The molecular weight excluding hydrogens is 254 g/mol. The van der Waals surface area contributed by atoms with E-state index in [-0.39, 0.29) is 5.92 Å². The number of nitrogens with zero attached hydrogens (tertiary/aromatic N) is 3. The maximum absolute atomic E-state index is 10.6. The number of fused-ring (bicyclic) bond motifs is 1. The SMILES string of the molecule is CCn1ncnc1CC(O)C1CCOc2ccccc21. The average molecular weight is 273 g/mol. The smallest absolute Gasteiger partial charge is 0.138 e. The van der Waals surface area contributed by atoms with Crippen molar-refractivity contribution in [3.63, 3.8) is 0 Å². The van der Waals surface area contributed by atoms with Crippen molar-refractivity contribution < 1.29 is 9.84 Å². The fraction of sp³-hybridized carbons (Fsp3) is 0.467. The van der Waals surface area contributed by atoms with Crippen LogP contribution in [0.15, 0.2) is 30.6 Å². The Morgan fingerprint density at radius 1 is 1.45 bits per heavy atom. The van der Waals surface area contributed by atoms with E-state index in [0.717, 1.165) is 30.1 Å². The van der Waals surface area contributed by atoms with E-state index in [1.807, 2.05) is 35.9 Å². The third-order valence-corrected chi connectivity index (χ3v) is 3.86. The van der Waals surface area contributed by atoms with E-state index in [9.17, 15) is 5.11 Å². The van der Waals surface area contributed by atoms with Crippen LogP contribution in [0.25, 0.3) is 0 Å². The summed E-state index contributed by atoms with van der Waals surface area (Å²) in [6, 6.07) is 7.94. The van der Waals surface area contributed by atoms with Gasteiger partial charge in [0.05, 0.1) is 12.7 Å². The van der Waals surface area contributed by atoms with Crippen molar-refractivity contribution in [2.45, 2.75) is 38.3 Å². The molecule has 2 heterocycles. The summed E-state index contributed by atoms with van der Waals surface area (Å²) in [5.74, 6) is 1.82. The van der Waals surface area contributed by atoms with Crippen molar-refractivity contribution >= 4 is 0 Å². The number of aliphatic hydroxyl groups excluding tert-OH is 1. The first-order valence-electron chi connectivity index (χ1n) is 7.06. The molecule has 0 bridgehead atoms. The highest BCUT2D eigenvalue weighted by Crippen LogP contribution is 2.36. The molecule has 0 radical (unpaired) electrons. The molecule has 0 saturated heterocycles. The summed E-state index contributed by atoms with van der Waals surface area (Å²) in [6.07, 6.45) is 2.43. The summed E-state index contributed by atoms with van der Waals surface area (Å²) >= 11 is 0. The number of aliphatic hydroxyl groups is 1. The van der Waals surface area contributed by atoms with Crippen LogP contribution in [-0.2, 0) is 13.0 Å². The van der Waals surface area contributed by atoms with Crippen LogP contribution in [0.5, 0.6) is 5.75 Å². The predicted octanol–water partition coefficient (Wildman–Crippen LogP) is 1.77. The van der Waals surface area contributed by atoms with Gasteiger partial charge in [0.25, 0.3) is 0 Å². The molecule has 2 atom stereocenters. The van der Waals surface area contributed by atoms with Crippen molar-refractivity contribution in [3.05, 3.63) is 42.0 Å². The van der Waals surface area contributed by atoms with Gasteiger partial charge in [-0.1, -0.05) is 18.2 Å². The van der Waals surface area contributed by atoms with Crippen molar-refractivity contribution in [2.24, 2.45) is 0 Å². The average Bonchev–Trinajstić information content (AvgIpc) is 2.93. The van der Waals surface area contributed by atoms with Crippen LogP contribution >= 0.6 is 0 Å². The Balaban J connectivity index is 1.80. The minimum Gasteiger partial charge on any atom is -0.493 e. The van der Waals surface area contributed by atoms with E-state index in [1.165, 1.54) is 0 Å². The maximum Gasteiger partial charge on any atom is 0.138 e. The molecule has 2 aromatic rings. The second-order valence-corrected chi connectivity index (χ2v) is 5.04. The van der Waals surface area contributed by atoms with E-state index in [2.05, 4.69) is 10.1 Å². The lowest BCUT2D eigenvalue weighted by Crippen LogP contribution is -2.27. The molecule has 2 unspecified atom stereocenters. The molecule has 1 aliphatic rings.